The zero-order chi connectivity index (χ0) is 18.1. The number of nitrogens with zero attached hydrogens (tertiary/aromatic N) is 3. The van der Waals surface area contributed by atoms with Crippen LogP contribution in [-0.4, -0.2) is 19.9 Å². The molecule has 2 heterocycles. The smallest absolute Gasteiger partial charge is 0.141 e. The molecule has 0 fully saturated rings. The number of hydrogen-bond acceptors (Lipinski definition) is 3. The summed E-state index contributed by atoms with van der Waals surface area (Å²) >= 11 is 12.7. The van der Waals surface area contributed by atoms with Crippen molar-refractivity contribution in [3.8, 4) is 34.0 Å². The van der Waals surface area contributed by atoms with Crippen molar-refractivity contribution >= 4 is 29.2 Å². The van der Waals surface area contributed by atoms with Gasteiger partial charge in [-0.3, -0.25) is 0 Å². The van der Waals surface area contributed by atoms with Crippen molar-refractivity contribution in [2.75, 3.05) is 0 Å². The van der Waals surface area contributed by atoms with Crippen LogP contribution in [0.15, 0.2) is 60.8 Å². The predicted molar refractivity (Wildman–Crippen MR) is 104 cm³/mol. The van der Waals surface area contributed by atoms with Crippen LogP contribution in [-0.2, 0) is 32.7 Å². The third kappa shape index (κ3) is 4.07. The molecule has 0 aliphatic rings. The molecule has 0 spiro atoms. The Balaban J connectivity index is 0.00000210. The van der Waals surface area contributed by atoms with Crippen LogP contribution >= 0.6 is 23.2 Å². The Bertz CT molecular complexity index is 1060. The molecule has 0 saturated carbocycles. The van der Waals surface area contributed by atoms with Gasteiger partial charge in [-0.15, -0.1) is 0 Å². The fraction of sp³-hybridized carbons (Fsp3) is 0. The van der Waals surface area contributed by atoms with Crippen molar-refractivity contribution in [1.29, 1.82) is 0 Å². The summed E-state index contributed by atoms with van der Waals surface area (Å²) in [6, 6.07) is 16.8. The monoisotopic (exact) mass is 469 g/mol. The fourth-order valence-corrected chi connectivity index (χ4v) is 3.28. The molecular weight excluding hydrogens is 458 g/mol. The van der Waals surface area contributed by atoms with Crippen molar-refractivity contribution in [3.05, 3.63) is 76.6 Å². The molecule has 0 saturated heterocycles. The molecule has 2 N–H and O–H groups in total. The molecule has 2 aromatic heterocycles. The molecule has 1 radical (unpaired) electrons. The predicted octanol–water partition coefficient (Wildman–Crippen LogP) is 6.19. The summed E-state index contributed by atoms with van der Waals surface area (Å²) in [6.45, 7) is 0. The first kappa shape index (κ1) is 20.0. The summed E-state index contributed by atoms with van der Waals surface area (Å²) in [7, 11) is 0. The second-order valence-corrected chi connectivity index (χ2v) is 6.35. The summed E-state index contributed by atoms with van der Waals surface area (Å²) < 4.78 is 0. The van der Waals surface area contributed by atoms with Gasteiger partial charge in [-0.05, 0) is 24.4 Å². The first-order chi connectivity index (χ1) is 12.6. The van der Waals surface area contributed by atoms with Crippen LogP contribution in [0.5, 0.6) is 0 Å². The topological polar surface area (TPSA) is 78.3 Å². The van der Waals surface area contributed by atoms with E-state index in [1.54, 1.807) is 30.5 Å². The Kier molecular flexibility index (Phi) is 6.27. The SMILES string of the molecule is [NH-]c1nccc(-c2[nH]c(-c3c(Cl)cccc3Cl)nc2-c2ccccc2)n1.[Y]. The van der Waals surface area contributed by atoms with Gasteiger partial charge in [-0.1, -0.05) is 59.6 Å². The molecule has 8 heteroatoms. The first-order valence-electron chi connectivity index (χ1n) is 7.78. The van der Waals surface area contributed by atoms with Crippen molar-refractivity contribution in [2.45, 2.75) is 0 Å². The zero-order valence-corrected chi connectivity index (χ0v) is 18.3. The average molecular weight is 470 g/mol. The van der Waals surface area contributed by atoms with Gasteiger partial charge in [0.15, 0.2) is 0 Å². The molecule has 0 aliphatic carbocycles. The van der Waals surface area contributed by atoms with E-state index in [2.05, 4.69) is 15.0 Å². The van der Waals surface area contributed by atoms with Gasteiger partial charge in [-0.2, -0.15) is 0 Å². The number of aromatic amines is 1. The molecule has 4 rings (SSSR count). The number of nitrogens with one attached hydrogen (secondary N) is 2. The third-order valence-electron chi connectivity index (χ3n) is 3.86. The standard InChI is InChI=1S/C19H12Cl2N5.Y/c20-12-7-4-8-13(21)15(12)18-25-16(11-5-2-1-3-6-11)17(26-18)14-9-10-23-19(22)24-14;/h1-10H,(H2-,22,23,24,25,26);/q-1;. The second kappa shape index (κ2) is 8.49. The van der Waals surface area contributed by atoms with E-state index in [-0.39, 0.29) is 38.7 Å². The number of rotatable bonds is 3. The van der Waals surface area contributed by atoms with Crippen LogP contribution in [0.3, 0.4) is 0 Å². The van der Waals surface area contributed by atoms with Crippen molar-refractivity contribution in [1.82, 2.24) is 19.9 Å². The summed E-state index contributed by atoms with van der Waals surface area (Å²) in [5.74, 6) is 0.480. The van der Waals surface area contributed by atoms with Crippen LogP contribution in [0.25, 0.3) is 39.8 Å². The number of benzene rings is 2. The van der Waals surface area contributed by atoms with E-state index >= 15 is 0 Å². The van der Waals surface area contributed by atoms with Gasteiger partial charge in [0.1, 0.15) is 5.82 Å². The largest absolute Gasteiger partial charge is 0.410 e. The van der Waals surface area contributed by atoms with Crippen LogP contribution < -0.4 is 0 Å². The number of aromatic nitrogens is 4. The van der Waals surface area contributed by atoms with E-state index in [0.29, 0.717) is 38.5 Å². The molecule has 4 aromatic rings. The molecule has 0 unspecified atom stereocenters. The average Bonchev–Trinajstić information content (AvgIpc) is 3.07. The van der Waals surface area contributed by atoms with E-state index in [0.717, 1.165) is 5.56 Å². The normalized spacial score (nSPS) is 10.4. The Labute approximate surface area is 191 Å². The van der Waals surface area contributed by atoms with Gasteiger partial charge in [-0.25, -0.2) is 4.98 Å². The van der Waals surface area contributed by atoms with E-state index in [9.17, 15) is 0 Å². The fourth-order valence-electron chi connectivity index (χ4n) is 2.70. The van der Waals surface area contributed by atoms with Gasteiger partial charge in [0.2, 0.25) is 0 Å². The van der Waals surface area contributed by atoms with Crippen molar-refractivity contribution in [3.63, 3.8) is 0 Å². The summed E-state index contributed by atoms with van der Waals surface area (Å²) in [5, 5.41) is 1.00. The molecule has 2 aromatic carbocycles. The Hall–Kier alpha value is -1.79. The Morgan fingerprint density at radius 1 is 0.852 bits per heavy atom. The molecule has 27 heavy (non-hydrogen) atoms. The van der Waals surface area contributed by atoms with Crippen LogP contribution in [0, 0.1) is 0 Å². The first-order valence-corrected chi connectivity index (χ1v) is 8.54. The van der Waals surface area contributed by atoms with E-state index < -0.39 is 0 Å². The van der Waals surface area contributed by atoms with Gasteiger partial charge < -0.3 is 20.7 Å². The van der Waals surface area contributed by atoms with E-state index in [1.807, 2.05) is 30.3 Å². The maximum Gasteiger partial charge on any atom is 0.141 e. The van der Waals surface area contributed by atoms with Gasteiger partial charge >= 0.3 is 0 Å². The molecule has 0 aliphatic heterocycles. The van der Waals surface area contributed by atoms with Crippen LogP contribution in [0.2, 0.25) is 10.0 Å². The van der Waals surface area contributed by atoms with Crippen molar-refractivity contribution < 1.29 is 32.7 Å². The molecule has 0 atom stereocenters. The molecule has 131 valence electrons. The number of imidazole rings is 1. The minimum absolute atomic E-state index is 0. The summed E-state index contributed by atoms with van der Waals surface area (Å²) in [6.07, 6.45) is 1.54. The number of halogens is 2. The van der Waals surface area contributed by atoms with Gasteiger partial charge in [0, 0.05) is 49.9 Å². The van der Waals surface area contributed by atoms with Gasteiger partial charge in [0.05, 0.1) is 27.0 Å². The molecule has 5 nitrogen and oxygen atoms in total. The minimum atomic E-state index is -0.0616. The Morgan fingerprint density at radius 3 is 2.22 bits per heavy atom. The maximum atomic E-state index is 7.70. The quantitative estimate of drug-likeness (QED) is 0.388. The van der Waals surface area contributed by atoms with Crippen LogP contribution in [0.4, 0.5) is 5.95 Å². The van der Waals surface area contributed by atoms with Gasteiger partial charge in [0.25, 0.3) is 0 Å². The number of H-pyrrole nitrogens is 1. The van der Waals surface area contributed by atoms with E-state index in [4.69, 9.17) is 33.9 Å². The Morgan fingerprint density at radius 2 is 1.56 bits per heavy atom. The number of hydrogen-bond donors (Lipinski definition) is 1. The maximum absolute atomic E-state index is 7.70. The van der Waals surface area contributed by atoms with E-state index in [1.165, 1.54) is 0 Å². The van der Waals surface area contributed by atoms with Crippen molar-refractivity contribution in [2.24, 2.45) is 0 Å². The summed E-state index contributed by atoms with van der Waals surface area (Å²) in [4.78, 5) is 16.0. The third-order valence-corrected chi connectivity index (χ3v) is 4.49. The molecule has 0 bridgehead atoms. The molecular formula is C19H12Cl2N5Y-. The minimum Gasteiger partial charge on any atom is -0.410 e. The molecule has 0 amide bonds. The second-order valence-electron chi connectivity index (χ2n) is 5.54. The summed E-state index contributed by atoms with van der Waals surface area (Å²) in [5.41, 5.74) is 11.2. The van der Waals surface area contributed by atoms with Crippen LogP contribution in [0.1, 0.15) is 0 Å². The zero-order valence-electron chi connectivity index (χ0n) is 13.9.